The molecule has 2 aromatic rings. The topological polar surface area (TPSA) is 107 Å². The van der Waals surface area contributed by atoms with E-state index in [1.165, 1.54) is 23.8 Å². The third kappa shape index (κ3) is 6.53. The van der Waals surface area contributed by atoms with Gasteiger partial charge in [-0.05, 0) is 60.7 Å². The molecule has 0 saturated carbocycles. The van der Waals surface area contributed by atoms with E-state index in [1.807, 2.05) is 6.92 Å². The van der Waals surface area contributed by atoms with E-state index >= 15 is 0 Å². The minimum atomic E-state index is -0.502. The number of likely N-dealkylation sites (N-methyl/N-ethyl adjacent to an activating group) is 1. The van der Waals surface area contributed by atoms with Crippen molar-refractivity contribution in [1.29, 1.82) is 0 Å². The Bertz CT molecular complexity index is 1270. The first-order valence-electron chi connectivity index (χ1n) is 12.1. The lowest BCUT2D eigenvalue weighted by Gasteiger charge is -2.26. The van der Waals surface area contributed by atoms with Gasteiger partial charge in [-0.3, -0.25) is 14.5 Å². The van der Waals surface area contributed by atoms with E-state index in [0.29, 0.717) is 65.7 Å². The molecule has 38 heavy (non-hydrogen) atoms. The van der Waals surface area contributed by atoms with Crippen LogP contribution >= 0.6 is 11.8 Å². The number of amides is 2. The summed E-state index contributed by atoms with van der Waals surface area (Å²) in [6.07, 6.45) is 1.75. The molecule has 0 bridgehead atoms. The van der Waals surface area contributed by atoms with Crippen LogP contribution in [0.15, 0.2) is 52.4 Å². The molecule has 0 N–H and O–H groups in total. The Morgan fingerprint density at radius 3 is 2.63 bits per heavy atom. The van der Waals surface area contributed by atoms with Gasteiger partial charge in [-0.25, -0.2) is 9.79 Å². The number of methoxy groups -OCH3 is 1. The molecule has 0 unspecified atom stereocenters. The number of hydrogen-bond donors (Lipinski definition) is 0. The van der Waals surface area contributed by atoms with Crippen LogP contribution in [0.5, 0.6) is 11.5 Å². The second-order valence-electron chi connectivity index (χ2n) is 8.33. The number of aliphatic imine (C=N–C) groups is 1. The Morgan fingerprint density at radius 2 is 1.89 bits per heavy atom. The molecule has 2 saturated heterocycles. The Morgan fingerprint density at radius 1 is 1.11 bits per heavy atom. The molecule has 10 nitrogen and oxygen atoms in total. The van der Waals surface area contributed by atoms with E-state index in [-0.39, 0.29) is 18.4 Å². The largest absolute Gasteiger partial charge is 0.490 e. The number of esters is 1. The quantitative estimate of drug-likeness (QED) is 0.371. The zero-order valence-corrected chi connectivity index (χ0v) is 22.3. The summed E-state index contributed by atoms with van der Waals surface area (Å²) in [4.78, 5) is 45.6. The molecule has 2 aromatic carbocycles. The molecular formula is C27H29N3O7S. The molecule has 2 aliphatic rings. The minimum absolute atomic E-state index is 0.0662. The molecule has 2 aliphatic heterocycles. The van der Waals surface area contributed by atoms with Crippen molar-refractivity contribution in [2.45, 2.75) is 6.92 Å². The number of thioether (sulfide) groups is 1. The predicted octanol–water partition coefficient (Wildman–Crippen LogP) is 3.34. The van der Waals surface area contributed by atoms with Crippen LogP contribution in [0.1, 0.15) is 22.8 Å². The molecule has 2 heterocycles. The second-order valence-corrected chi connectivity index (χ2v) is 9.34. The van der Waals surface area contributed by atoms with Crippen molar-refractivity contribution in [1.82, 2.24) is 9.80 Å². The van der Waals surface area contributed by atoms with Gasteiger partial charge in [-0.15, -0.1) is 0 Å². The van der Waals surface area contributed by atoms with Crippen molar-refractivity contribution in [2.24, 2.45) is 4.99 Å². The Kier molecular flexibility index (Phi) is 9.03. The van der Waals surface area contributed by atoms with Gasteiger partial charge in [0.05, 0.1) is 37.5 Å². The molecular weight excluding hydrogens is 510 g/mol. The van der Waals surface area contributed by atoms with Gasteiger partial charge in [0, 0.05) is 25.7 Å². The lowest BCUT2D eigenvalue weighted by Crippen LogP contribution is -2.40. The SMILES string of the molecule is CCOc1cc(/C=C2/SC(=Nc3cccc(C(=O)N4CCOCC4)c3)N(C)C2=O)ccc1OCC(=O)OC. The lowest BCUT2D eigenvalue weighted by atomic mass is 10.1. The molecule has 0 spiro atoms. The van der Waals surface area contributed by atoms with Crippen LogP contribution in [0, 0.1) is 0 Å². The predicted molar refractivity (Wildman–Crippen MR) is 144 cm³/mol. The standard InChI is InChI=1S/C27H29N3O7S/c1-4-36-22-14-18(8-9-21(22)37-17-24(31)34-3)15-23-26(33)29(2)27(38-23)28-20-7-5-6-19(16-20)25(32)30-10-12-35-13-11-30/h5-9,14-16H,4,10-13,17H2,1-3H3/b23-15+,28-27?. The summed E-state index contributed by atoms with van der Waals surface area (Å²) < 4.78 is 21.1. The van der Waals surface area contributed by atoms with Crippen LogP contribution in [0.25, 0.3) is 6.08 Å². The smallest absolute Gasteiger partial charge is 0.343 e. The fourth-order valence-electron chi connectivity index (χ4n) is 3.77. The number of rotatable bonds is 8. The van der Waals surface area contributed by atoms with Crippen LogP contribution in [0.4, 0.5) is 5.69 Å². The van der Waals surface area contributed by atoms with Gasteiger partial charge in [0.2, 0.25) is 0 Å². The molecule has 0 aliphatic carbocycles. The molecule has 11 heteroatoms. The summed E-state index contributed by atoms with van der Waals surface area (Å²) >= 11 is 1.24. The first-order valence-corrected chi connectivity index (χ1v) is 12.9. The number of nitrogens with zero attached hydrogens (tertiary/aromatic N) is 3. The van der Waals surface area contributed by atoms with E-state index in [9.17, 15) is 14.4 Å². The zero-order chi connectivity index (χ0) is 27.1. The summed E-state index contributed by atoms with van der Waals surface area (Å²) in [5.74, 6) is 0.0835. The van der Waals surface area contributed by atoms with E-state index in [4.69, 9.17) is 14.2 Å². The van der Waals surface area contributed by atoms with Crippen molar-refractivity contribution < 1.29 is 33.3 Å². The maximum atomic E-state index is 13.0. The van der Waals surface area contributed by atoms with Gasteiger partial charge >= 0.3 is 5.97 Å². The Hall–Kier alpha value is -3.83. The first kappa shape index (κ1) is 27.2. The highest BCUT2D eigenvalue weighted by Gasteiger charge is 2.30. The average molecular weight is 540 g/mol. The van der Waals surface area contributed by atoms with E-state index in [2.05, 4.69) is 9.73 Å². The fraction of sp³-hybridized carbons (Fsp3) is 0.333. The van der Waals surface area contributed by atoms with E-state index < -0.39 is 5.97 Å². The molecule has 4 rings (SSSR count). The number of carbonyl (C=O) groups excluding carboxylic acids is 3. The maximum Gasteiger partial charge on any atom is 0.343 e. The number of hydrogen-bond acceptors (Lipinski definition) is 9. The average Bonchev–Trinajstić information content (AvgIpc) is 3.20. The molecule has 0 radical (unpaired) electrons. The monoisotopic (exact) mass is 539 g/mol. The molecule has 2 fully saturated rings. The van der Waals surface area contributed by atoms with Crippen molar-refractivity contribution in [3.8, 4) is 11.5 Å². The van der Waals surface area contributed by atoms with Crippen LogP contribution in [0.2, 0.25) is 0 Å². The molecule has 2 amide bonds. The van der Waals surface area contributed by atoms with Crippen LogP contribution < -0.4 is 9.47 Å². The molecule has 0 atom stereocenters. The fourth-order valence-corrected chi connectivity index (χ4v) is 4.76. The van der Waals surface area contributed by atoms with E-state index in [1.54, 1.807) is 60.5 Å². The highest BCUT2D eigenvalue weighted by Crippen LogP contribution is 2.35. The Balaban J connectivity index is 1.52. The van der Waals surface area contributed by atoms with Crippen LogP contribution in [-0.2, 0) is 19.1 Å². The van der Waals surface area contributed by atoms with Crippen LogP contribution in [-0.4, -0.2) is 86.4 Å². The highest BCUT2D eigenvalue weighted by atomic mass is 32.2. The summed E-state index contributed by atoms with van der Waals surface area (Å²) in [7, 11) is 2.95. The summed E-state index contributed by atoms with van der Waals surface area (Å²) in [5.41, 5.74) is 1.85. The maximum absolute atomic E-state index is 13.0. The minimum Gasteiger partial charge on any atom is -0.490 e. The highest BCUT2D eigenvalue weighted by molar-refractivity contribution is 8.18. The van der Waals surface area contributed by atoms with E-state index in [0.717, 1.165) is 5.56 Å². The third-order valence-corrected chi connectivity index (χ3v) is 6.82. The number of ether oxygens (including phenoxy) is 4. The first-order chi connectivity index (χ1) is 18.4. The second kappa shape index (κ2) is 12.6. The van der Waals surface area contributed by atoms with Gasteiger partial charge in [0.1, 0.15) is 0 Å². The third-order valence-electron chi connectivity index (χ3n) is 5.76. The summed E-state index contributed by atoms with van der Waals surface area (Å²) in [6.45, 7) is 4.17. The number of amidine groups is 1. The number of morpholine rings is 1. The van der Waals surface area contributed by atoms with Gasteiger partial charge < -0.3 is 23.8 Å². The Labute approximate surface area is 225 Å². The van der Waals surface area contributed by atoms with Gasteiger partial charge in [-0.2, -0.15) is 0 Å². The van der Waals surface area contributed by atoms with Crippen molar-refractivity contribution >= 4 is 46.5 Å². The molecule has 0 aromatic heterocycles. The van der Waals surface area contributed by atoms with Gasteiger partial charge in [0.25, 0.3) is 11.8 Å². The number of carbonyl (C=O) groups is 3. The van der Waals surface area contributed by atoms with Crippen molar-refractivity contribution in [3.05, 3.63) is 58.5 Å². The van der Waals surface area contributed by atoms with Crippen molar-refractivity contribution in [3.63, 3.8) is 0 Å². The summed E-state index contributed by atoms with van der Waals surface area (Å²) in [6, 6.07) is 12.3. The normalized spacial score (nSPS) is 17.7. The van der Waals surface area contributed by atoms with Gasteiger partial charge in [-0.1, -0.05) is 12.1 Å². The molecule has 200 valence electrons. The van der Waals surface area contributed by atoms with Crippen LogP contribution in [0.3, 0.4) is 0 Å². The summed E-state index contributed by atoms with van der Waals surface area (Å²) in [5, 5.41) is 0.500. The van der Waals surface area contributed by atoms with Crippen molar-refractivity contribution in [2.75, 3.05) is 53.7 Å². The van der Waals surface area contributed by atoms with Gasteiger partial charge in [0.15, 0.2) is 23.3 Å². The lowest BCUT2D eigenvalue weighted by molar-refractivity contribution is -0.142. The zero-order valence-electron chi connectivity index (χ0n) is 21.5. The number of benzene rings is 2.